The van der Waals surface area contributed by atoms with Gasteiger partial charge in [-0.2, -0.15) is 5.10 Å². The van der Waals surface area contributed by atoms with Gasteiger partial charge in [-0.05, 0) is 35.6 Å². The van der Waals surface area contributed by atoms with Crippen molar-refractivity contribution >= 4 is 35.5 Å². The molecule has 2 rings (SSSR count). The highest BCUT2D eigenvalue weighted by molar-refractivity contribution is 6.39. The Balaban J connectivity index is 1.91. The number of allylic oxidation sites excluding steroid dienone is 1. The van der Waals surface area contributed by atoms with Crippen LogP contribution >= 0.6 is 0 Å². The molecule has 150 valence electrons. The van der Waals surface area contributed by atoms with Gasteiger partial charge in [-0.3, -0.25) is 19.7 Å². The maximum atomic E-state index is 11.9. The number of hydrazone groups is 1. The first-order valence-corrected chi connectivity index (χ1v) is 8.93. The summed E-state index contributed by atoms with van der Waals surface area (Å²) in [5.74, 6) is -1.51. The lowest BCUT2D eigenvalue weighted by molar-refractivity contribution is -0.384. The van der Waals surface area contributed by atoms with Crippen molar-refractivity contribution in [2.24, 2.45) is 5.10 Å². The largest absolute Gasteiger partial charge is 0.329 e. The monoisotopic (exact) mass is 394 g/mol. The van der Waals surface area contributed by atoms with Crippen molar-refractivity contribution in [3.05, 3.63) is 75.3 Å². The molecule has 0 spiro atoms. The Morgan fingerprint density at radius 1 is 1.10 bits per heavy atom. The molecule has 0 aromatic heterocycles. The Morgan fingerprint density at radius 3 is 2.41 bits per heavy atom. The van der Waals surface area contributed by atoms with Crippen LogP contribution in [0, 0.1) is 10.1 Å². The number of nitrogens with zero attached hydrogens (tertiary/aromatic N) is 2. The molecule has 0 fully saturated rings. The highest BCUT2D eigenvalue weighted by atomic mass is 16.6. The van der Waals surface area contributed by atoms with Crippen molar-refractivity contribution in [2.45, 2.75) is 26.7 Å². The van der Waals surface area contributed by atoms with Gasteiger partial charge < -0.3 is 5.32 Å². The number of nitro benzene ring substituents is 1. The zero-order valence-electron chi connectivity index (χ0n) is 16.4. The Hall–Kier alpha value is -3.81. The van der Waals surface area contributed by atoms with Gasteiger partial charge in [0.15, 0.2) is 0 Å². The molecule has 29 heavy (non-hydrogen) atoms. The second-order valence-electron chi connectivity index (χ2n) is 6.67. The molecule has 2 amide bonds. The lowest BCUT2D eigenvalue weighted by Crippen LogP contribution is -2.32. The van der Waals surface area contributed by atoms with Crippen LogP contribution < -0.4 is 10.7 Å². The third kappa shape index (κ3) is 6.69. The van der Waals surface area contributed by atoms with E-state index in [0.717, 1.165) is 17.2 Å². The maximum Gasteiger partial charge on any atom is 0.329 e. The average molecular weight is 394 g/mol. The smallest absolute Gasteiger partial charge is 0.317 e. The first kappa shape index (κ1) is 21.5. The lowest BCUT2D eigenvalue weighted by Gasteiger charge is -2.05. The quantitative estimate of drug-likeness (QED) is 0.335. The van der Waals surface area contributed by atoms with E-state index in [9.17, 15) is 19.7 Å². The van der Waals surface area contributed by atoms with Gasteiger partial charge in [0.1, 0.15) is 0 Å². The highest BCUT2D eigenvalue weighted by Gasteiger charge is 2.14. The summed E-state index contributed by atoms with van der Waals surface area (Å²) in [5, 5.41) is 16.8. The van der Waals surface area contributed by atoms with E-state index in [2.05, 4.69) is 41.8 Å². The van der Waals surface area contributed by atoms with Gasteiger partial charge in [0.05, 0.1) is 11.1 Å². The fraction of sp³-hybridized carbons (Fsp3) is 0.190. The van der Waals surface area contributed by atoms with Gasteiger partial charge in [-0.15, -0.1) is 0 Å². The summed E-state index contributed by atoms with van der Waals surface area (Å²) in [4.78, 5) is 33.8. The molecular formula is C21H22N4O4. The minimum Gasteiger partial charge on any atom is -0.317 e. The van der Waals surface area contributed by atoms with Crippen LogP contribution in [0.2, 0.25) is 0 Å². The van der Waals surface area contributed by atoms with Crippen LogP contribution in [0.5, 0.6) is 0 Å². The van der Waals surface area contributed by atoms with Crippen molar-refractivity contribution in [3.8, 4) is 0 Å². The van der Waals surface area contributed by atoms with E-state index >= 15 is 0 Å². The number of hydrogen-bond acceptors (Lipinski definition) is 5. The SMILES string of the molecule is C/C(C=NNC(=O)C(=O)Nc1cccc([N+](=O)[O-])c1)=C/c1ccc(C(C)C)cc1. The molecule has 0 radical (unpaired) electrons. The van der Waals surface area contributed by atoms with E-state index in [0.29, 0.717) is 5.92 Å². The average Bonchev–Trinajstić information content (AvgIpc) is 2.68. The second kappa shape index (κ2) is 9.93. The molecule has 0 saturated carbocycles. The second-order valence-corrected chi connectivity index (χ2v) is 6.67. The van der Waals surface area contributed by atoms with E-state index in [1.165, 1.54) is 30.0 Å². The van der Waals surface area contributed by atoms with Crippen LogP contribution in [-0.4, -0.2) is 23.0 Å². The number of non-ortho nitro benzene ring substituents is 1. The fourth-order valence-electron chi connectivity index (χ4n) is 2.41. The number of nitrogens with one attached hydrogen (secondary N) is 2. The fourth-order valence-corrected chi connectivity index (χ4v) is 2.41. The summed E-state index contributed by atoms with van der Waals surface area (Å²) in [6, 6.07) is 13.4. The van der Waals surface area contributed by atoms with E-state index in [1.54, 1.807) is 0 Å². The molecule has 8 heteroatoms. The number of carbonyl (C=O) groups excluding carboxylic acids is 2. The summed E-state index contributed by atoms with van der Waals surface area (Å²) in [6.07, 6.45) is 3.32. The minimum atomic E-state index is -0.984. The molecule has 0 bridgehead atoms. The summed E-state index contributed by atoms with van der Waals surface area (Å²) in [6.45, 7) is 6.07. The Kier molecular flexibility index (Phi) is 7.36. The standard InChI is InChI=1S/C21H22N4O4/c1-14(2)17-9-7-16(8-10-17)11-15(3)13-22-24-21(27)20(26)23-18-5-4-6-19(12-18)25(28)29/h4-14H,1-3H3,(H,23,26)(H,24,27)/b15-11-,22-13?. The van der Waals surface area contributed by atoms with E-state index in [1.807, 2.05) is 25.1 Å². The first-order valence-electron chi connectivity index (χ1n) is 8.93. The third-order valence-corrected chi connectivity index (χ3v) is 3.95. The zero-order chi connectivity index (χ0) is 21.4. The highest BCUT2D eigenvalue weighted by Crippen LogP contribution is 2.17. The third-order valence-electron chi connectivity index (χ3n) is 3.95. The number of hydrogen-bond donors (Lipinski definition) is 2. The van der Waals surface area contributed by atoms with Crippen LogP contribution in [0.4, 0.5) is 11.4 Å². The molecule has 0 aliphatic rings. The number of benzene rings is 2. The van der Waals surface area contributed by atoms with Gasteiger partial charge in [0.25, 0.3) is 5.69 Å². The van der Waals surface area contributed by atoms with E-state index in [-0.39, 0.29) is 11.4 Å². The molecular weight excluding hydrogens is 372 g/mol. The predicted molar refractivity (Wildman–Crippen MR) is 113 cm³/mol. The molecule has 0 aliphatic heterocycles. The van der Waals surface area contributed by atoms with Gasteiger partial charge in [-0.25, -0.2) is 5.43 Å². The molecule has 2 aromatic carbocycles. The normalized spacial score (nSPS) is 11.5. The van der Waals surface area contributed by atoms with Crippen LogP contribution in [-0.2, 0) is 9.59 Å². The van der Waals surface area contributed by atoms with Gasteiger partial charge >= 0.3 is 11.8 Å². The molecule has 8 nitrogen and oxygen atoms in total. The number of carbonyl (C=O) groups is 2. The minimum absolute atomic E-state index is 0.143. The summed E-state index contributed by atoms with van der Waals surface area (Å²) in [7, 11) is 0. The Labute approximate surface area is 168 Å². The van der Waals surface area contributed by atoms with Gasteiger partial charge in [0, 0.05) is 17.8 Å². The Morgan fingerprint density at radius 2 is 1.79 bits per heavy atom. The number of amides is 2. The number of nitro groups is 1. The van der Waals surface area contributed by atoms with Crippen LogP contribution in [0.3, 0.4) is 0 Å². The summed E-state index contributed by atoms with van der Waals surface area (Å²) < 4.78 is 0. The van der Waals surface area contributed by atoms with Crippen LogP contribution in [0.25, 0.3) is 6.08 Å². The topological polar surface area (TPSA) is 114 Å². The zero-order valence-corrected chi connectivity index (χ0v) is 16.4. The molecule has 0 heterocycles. The molecule has 0 aliphatic carbocycles. The van der Waals surface area contributed by atoms with E-state index < -0.39 is 16.7 Å². The molecule has 0 saturated heterocycles. The summed E-state index contributed by atoms with van der Waals surface area (Å²) >= 11 is 0. The maximum absolute atomic E-state index is 11.9. The number of rotatable bonds is 6. The van der Waals surface area contributed by atoms with Crippen molar-refractivity contribution in [2.75, 3.05) is 5.32 Å². The Bertz CT molecular complexity index is 963. The molecule has 2 N–H and O–H groups in total. The first-order chi connectivity index (χ1) is 13.8. The molecule has 0 atom stereocenters. The summed E-state index contributed by atoms with van der Waals surface area (Å²) in [5.41, 5.74) is 5.09. The van der Waals surface area contributed by atoms with Crippen molar-refractivity contribution < 1.29 is 14.5 Å². The van der Waals surface area contributed by atoms with Gasteiger partial charge in [-0.1, -0.05) is 50.3 Å². The molecule has 2 aromatic rings. The van der Waals surface area contributed by atoms with Crippen LogP contribution in [0.1, 0.15) is 37.8 Å². The molecule has 0 unspecified atom stereocenters. The van der Waals surface area contributed by atoms with Crippen molar-refractivity contribution in [1.29, 1.82) is 0 Å². The van der Waals surface area contributed by atoms with Gasteiger partial charge in [0.2, 0.25) is 0 Å². The van der Waals surface area contributed by atoms with Crippen molar-refractivity contribution in [1.82, 2.24) is 5.43 Å². The predicted octanol–water partition coefficient (Wildman–Crippen LogP) is 3.86. The lowest BCUT2D eigenvalue weighted by atomic mass is 10.0. The van der Waals surface area contributed by atoms with E-state index in [4.69, 9.17) is 0 Å². The van der Waals surface area contributed by atoms with Crippen molar-refractivity contribution in [3.63, 3.8) is 0 Å². The number of anilines is 1. The van der Waals surface area contributed by atoms with Crippen LogP contribution in [0.15, 0.2) is 59.2 Å².